The number of nitrogens with two attached hydrogens (primary N) is 1. The van der Waals surface area contributed by atoms with E-state index in [0.29, 0.717) is 23.9 Å². The van der Waals surface area contributed by atoms with E-state index in [1.807, 2.05) is 13.0 Å². The number of halogens is 2. The summed E-state index contributed by atoms with van der Waals surface area (Å²) >= 11 is 9.48. The average molecular weight is 390 g/mol. The van der Waals surface area contributed by atoms with Gasteiger partial charge in [-0.3, -0.25) is 9.59 Å². The van der Waals surface area contributed by atoms with Crippen molar-refractivity contribution in [3.8, 4) is 5.75 Å². The molecule has 0 aliphatic carbocycles. The Kier molecular flexibility index (Phi) is 5.69. The molecule has 1 aromatic carbocycles. The van der Waals surface area contributed by atoms with Gasteiger partial charge >= 0.3 is 0 Å². The lowest BCUT2D eigenvalue weighted by Gasteiger charge is -2.31. The summed E-state index contributed by atoms with van der Waals surface area (Å²) in [5.41, 5.74) is 6.17. The Labute approximate surface area is 142 Å². The largest absolute Gasteiger partial charge is 0.482 e. The van der Waals surface area contributed by atoms with Gasteiger partial charge in [0.1, 0.15) is 5.75 Å². The molecule has 1 heterocycles. The van der Waals surface area contributed by atoms with Crippen molar-refractivity contribution in [2.45, 2.75) is 19.8 Å². The lowest BCUT2D eigenvalue weighted by molar-refractivity contribution is -0.136. The van der Waals surface area contributed by atoms with Crippen LogP contribution in [0.3, 0.4) is 0 Å². The summed E-state index contributed by atoms with van der Waals surface area (Å²) in [4.78, 5) is 25.1. The van der Waals surface area contributed by atoms with Crippen LogP contribution in [0.4, 0.5) is 0 Å². The van der Waals surface area contributed by atoms with Crippen LogP contribution in [0.15, 0.2) is 16.6 Å². The maximum Gasteiger partial charge on any atom is 0.260 e. The highest BCUT2D eigenvalue weighted by atomic mass is 79.9. The lowest BCUT2D eigenvalue weighted by Crippen LogP contribution is -2.45. The van der Waals surface area contributed by atoms with Crippen molar-refractivity contribution in [1.29, 1.82) is 0 Å². The highest BCUT2D eigenvalue weighted by molar-refractivity contribution is 9.10. The number of amides is 2. The van der Waals surface area contributed by atoms with Gasteiger partial charge in [-0.05, 0) is 37.5 Å². The van der Waals surface area contributed by atoms with E-state index in [1.54, 1.807) is 11.0 Å². The Morgan fingerprint density at radius 1 is 1.50 bits per heavy atom. The molecule has 2 rings (SSSR count). The van der Waals surface area contributed by atoms with Gasteiger partial charge in [-0.1, -0.05) is 27.5 Å². The third-order valence-electron chi connectivity index (χ3n) is 3.71. The summed E-state index contributed by atoms with van der Waals surface area (Å²) in [6, 6.07) is 3.59. The first-order valence-corrected chi connectivity index (χ1v) is 8.21. The topological polar surface area (TPSA) is 72.6 Å². The van der Waals surface area contributed by atoms with Crippen LogP contribution in [-0.4, -0.2) is 36.4 Å². The molecule has 0 radical (unpaired) electrons. The van der Waals surface area contributed by atoms with Gasteiger partial charge in [0.2, 0.25) is 5.91 Å². The fourth-order valence-corrected chi connectivity index (χ4v) is 3.56. The molecule has 1 aromatic rings. The number of carbonyl (C=O) groups excluding carboxylic acids is 2. The standard InChI is InChI=1S/C15H18BrClN2O3/c1-9-5-11(16)6-12(17)14(9)22-8-13(20)19-4-2-3-10(7-19)15(18)21/h5-6,10H,2-4,7-8H2,1H3,(H2,18,21)/t10-/m1/s1. The molecule has 1 aliphatic rings. The average Bonchev–Trinajstić information content (AvgIpc) is 2.46. The highest BCUT2D eigenvalue weighted by Crippen LogP contribution is 2.32. The number of piperidine rings is 1. The van der Waals surface area contributed by atoms with E-state index in [0.717, 1.165) is 22.9 Å². The van der Waals surface area contributed by atoms with Crippen LogP contribution in [0, 0.1) is 12.8 Å². The van der Waals surface area contributed by atoms with Gasteiger partial charge in [0, 0.05) is 17.6 Å². The van der Waals surface area contributed by atoms with Crippen LogP contribution >= 0.6 is 27.5 Å². The molecule has 120 valence electrons. The molecule has 0 bridgehead atoms. The Morgan fingerprint density at radius 2 is 2.23 bits per heavy atom. The molecule has 0 spiro atoms. The zero-order chi connectivity index (χ0) is 16.3. The number of carbonyl (C=O) groups is 2. The summed E-state index contributed by atoms with van der Waals surface area (Å²) in [7, 11) is 0. The van der Waals surface area contributed by atoms with E-state index < -0.39 is 0 Å². The van der Waals surface area contributed by atoms with Crippen LogP contribution in [0.5, 0.6) is 5.75 Å². The van der Waals surface area contributed by atoms with E-state index >= 15 is 0 Å². The third-order valence-corrected chi connectivity index (χ3v) is 4.45. The first-order valence-electron chi connectivity index (χ1n) is 7.04. The number of likely N-dealkylation sites (tertiary alicyclic amines) is 1. The monoisotopic (exact) mass is 388 g/mol. The summed E-state index contributed by atoms with van der Waals surface area (Å²) in [6.07, 6.45) is 1.51. The smallest absolute Gasteiger partial charge is 0.260 e. The molecule has 1 saturated heterocycles. The Morgan fingerprint density at radius 3 is 2.86 bits per heavy atom. The summed E-state index contributed by atoms with van der Waals surface area (Å²) in [6.45, 7) is 2.75. The number of benzene rings is 1. The van der Waals surface area contributed by atoms with Gasteiger partial charge in [-0.2, -0.15) is 0 Å². The predicted molar refractivity (Wildman–Crippen MR) is 87.9 cm³/mol. The number of ether oxygens (including phenoxy) is 1. The van der Waals surface area contributed by atoms with Gasteiger partial charge in [-0.25, -0.2) is 0 Å². The molecule has 2 amide bonds. The van der Waals surface area contributed by atoms with Crippen molar-refractivity contribution in [3.63, 3.8) is 0 Å². The van der Waals surface area contributed by atoms with Gasteiger partial charge < -0.3 is 15.4 Å². The number of hydrogen-bond donors (Lipinski definition) is 1. The number of rotatable bonds is 4. The van der Waals surface area contributed by atoms with Crippen molar-refractivity contribution in [2.75, 3.05) is 19.7 Å². The molecule has 22 heavy (non-hydrogen) atoms. The zero-order valence-corrected chi connectivity index (χ0v) is 14.6. The molecular weight excluding hydrogens is 372 g/mol. The number of primary amides is 1. The Balaban J connectivity index is 1.97. The van der Waals surface area contributed by atoms with Crippen molar-refractivity contribution >= 4 is 39.3 Å². The fraction of sp³-hybridized carbons (Fsp3) is 0.467. The Hall–Kier alpha value is -1.27. The van der Waals surface area contributed by atoms with Crippen molar-refractivity contribution in [3.05, 3.63) is 27.2 Å². The maximum absolute atomic E-state index is 12.2. The van der Waals surface area contributed by atoms with Crippen LogP contribution in [-0.2, 0) is 9.59 Å². The minimum absolute atomic E-state index is 0.103. The summed E-state index contributed by atoms with van der Waals surface area (Å²) in [5.74, 6) is -0.285. The van der Waals surface area contributed by atoms with Gasteiger partial charge in [0.05, 0.1) is 10.9 Å². The number of nitrogens with zero attached hydrogens (tertiary/aromatic N) is 1. The normalized spacial score (nSPS) is 18.1. The van der Waals surface area contributed by atoms with Crippen LogP contribution in [0.25, 0.3) is 0 Å². The van der Waals surface area contributed by atoms with Gasteiger partial charge in [0.15, 0.2) is 6.61 Å². The van der Waals surface area contributed by atoms with Crippen LogP contribution < -0.4 is 10.5 Å². The highest BCUT2D eigenvalue weighted by Gasteiger charge is 2.27. The van der Waals surface area contributed by atoms with Crippen molar-refractivity contribution < 1.29 is 14.3 Å². The zero-order valence-electron chi connectivity index (χ0n) is 12.3. The van der Waals surface area contributed by atoms with Gasteiger partial charge in [0.25, 0.3) is 5.91 Å². The van der Waals surface area contributed by atoms with E-state index in [1.165, 1.54) is 0 Å². The maximum atomic E-state index is 12.2. The minimum Gasteiger partial charge on any atom is -0.482 e. The van der Waals surface area contributed by atoms with E-state index in [-0.39, 0.29) is 24.3 Å². The minimum atomic E-state index is -0.356. The second-order valence-corrected chi connectivity index (χ2v) is 6.73. The van der Waals surface area contributed by atoms with Crippen molar-refractivity contribution in [2.24, 2.45) is 11.7 Å². The predicted octanol–water partition coefficient (Wildman–Crippen LogP) is 2.51. The van der Waals surface area contributed by atoms with E-state index in [4.69, 9.17) is 22.1 Å². The molecule has 1 fully saturated rings. The first-order chi connectivity index (χ1) is 10.4. The summed E-state index contributed by atoms with van der Waals surface area (Å²) in [5, 5.41) is 0.452. The molecule has 0 aromatic heterocycles. The molecule has 1 atom stereocenters. The molecule has 0 unspecified atom stereocenters. The van der Waals surface area contributed by atoms with Gasteiger partial charge in [-0.15, -0.1) is 0 Å². The first kappa shape index (κ1) is 17.1. The second kappa shape index (κ2) is 7.33. The fourth-order valence-electron chi connectivity index (χ4n) is 2.53. The molecule has 1 aliphatic heterocycles. The van der Waals surface area contributed by atoms with E-state index in [9.17, 15) is 9.59 Å². The lowest BCUT2D eigenvalue weighted by atomic mass is 9.97. The molecule has 7 heteroatoms. The molecule has 0 saturated carbocycles. The molecule has 5 nitrogen and oxygen atoms in total. The SMILES string of the molecule is Cc1cc(Br)cc(Cl)c1OCC(=O)N1CCC[C@@H](C(N)=O)C1. The third kappa shape index (κ3) is 4.14. The number of aryl methyl sites for hydroxylation is 1. The number of hydrogen-bond acceptors (Lipinski definition) is 3. The Bertz CT molecular complexity index is 571. The molecular formula is C15H18BrClN2O3. The quantitative estimate of drug-likeness (QED) is 0.860. The summed E-state index contributed by atoms with van der Waals surface area (Å²) < 4.78 is 6.43. The van der Waals surface area contributed by atoms with Crippen molar-refractivity contribution in [1.82, 2.24) is 4.90 Å². The second-order valence-electron chi connectivity index (χ2n) is 5.40. The van der Waals surface area contributed by atoms with Crippen LogP contribution in [0.2, 0.25) is 5.02 Å². The van der Waals surface area contributed by atoms with Crippen LogP contribution in [0.1, 0.15) is 18.4 Å². The van der Waals surface area contributed by atoms with E-state index in [2.05, 4.69) is 15.9 Å². The molecule has 2 N–H and O–H groups in total.